The van der Waals surface area contributed by atoms with Crippen molar-refractivity contribution in [3.63, 3.8) is 0 Å². The number of aromatic carboxylic acids is 1. The molecule has 0 fully saturated rings. The molecule has 0 aliphatic heterocycles. The lowest BCUT2D eigenvalue weighted by Gasteiger charge is -2.05. The zero-order chi connectivity index (χ0) is 11.6. The largest absolute Gasteiger partial charge is 0.478 e. The van der Waals surface area contributed by atoms with Crippen LogP contribution in [0, 0.1) is 0 Å². The lowest BCUT2D eigenvalue weighted by molar-refractivity contribution is 0.0695. The molecule has 15 heavy (non-hydrogen) atoms. The van der Waals surface area contributed by atoms with Gasteiger partial charge in [0.2, 0.25) is 0 Å². The van der Waals surface area contributed by atoms with Gasteiger partial charge in [0.05, 0.1) is 11.5 Å². The molecule has 1 N–H and O–H groups in total. The van der Waals surface area contributed by atoms with Gasteiger partial charge in [0, 0.05) is 0 Å². The van der Waals surface area contributed by atoms with Crippen molar-refractivity contribution in [1.82, 2.24) is 0 Å². The van der Waals surface area contributed by atoms with E-state index in [1.165, 1.54) is 12.3 Å². The summed E-state index contributed by atoms with van der Waals surface area (Å²) in [6, 6.07) is 1.24. The van der Waals surface area contributed by atoms with Crippen LogP contribution in [0.1, 0.15) is 30.0 Å². The lowest BCUT2D eigenvalue weighted by atomic mass is 10.3. The van der Waals surface area contributed by atoms with E-state index >= 15 is 0 Å². The molecular formula is C9H12O5S. The van der Waals surface area contributed by atoms with Crippen molar-refractivity contribution in [1.29, 1.82) is 0 Å². The monoisotopic (exact) mass is 232 g/mol. The molecule has 1 aromatic heterocycles. The highest BCUT2D eigenvalue weighted by Gasteiger charge is 2.23. The van der Waals surface area contributed by atoms with Crippen LogP contribution in [-0.4, -0.2) is 24.7 Å². The van der Waals surface area contributed by atoms with Gasteiger partial charge in [0.15, 0.2) is 9.84 Å². The molecule has 0 saturated heterocycles. The number of carbonyl (C=O) groups is 1. The van der Waals surface area contributed by atoms with E-state index in [1.54, 1.807) is 13.8 Å². The van der Waals surface area contributed by atoms with Gasteiger partial charge in [-0.25, -0.2) is 13.2 Å². The maximum Gasteiger partial charge on any atom is 0.339 e. The summed E-state index contributed by atoms with van der Waals surface area (Å²) in [6.45, 7) is 3.08. The Morgan fingerprint density at radius 3 is 2.60 bits per heavy atom. The Labute approximate surface area is 87.6 Å². The van der Waals surface area contributed by atoms with Gasteiger partial charge in [-0.15, -0.1) is 0 Å². The average molecular weight is 232 g/mol. The number of carboxylic acids is 1. The van der Waals surface area contributed by atoms with Crippen LogP contribution in [-0.2, 0) is 15.6 Å². The second-order valence-electron chi connectivity index (χ2n) is 3.42. The number of hydrogen-bond donors (Lipinski definition) is 1. The number of furan rings is 1. The normalized spacial score (nSPS) is 11.9. The summed E-state index contributed by atoms with van der Waals surface area (Å²) in [6.07, 6.45) is 1.18. The van der Waals surface area contributed by atoms with Gasteiger partial charge in [-0.2, -0.15) is 0 Å². The molecule has 1 aromatic rings. The quantitative estimate of drug-likeness (QED) is 0.845. The highest BCUT2D eigenvalue weighted by atomic mass is 32.2. The minimum absolute atomic E-state index is 0.0174. The number of sulfone groups is 1. The SMILES string of the molecule is CC(C)S(=O)(=O)Cc1occc1C(=O)O. The molecular weight excluding hydrogens is 220 g/mol. The summed E-state index contributed by atoms with van der Waals surface area (Å²) in [4.78, 5) is 10.7. The first kappa shape index (κ1) is 11.8. The van der Waals surface area contributed by atoms with Crippen LogP contribution in [0.25, 0.3) is 0 Å². The predicted octanol–water partition coefficient (Wildman–Crippen LogP) is 1.30. The Balaban J connectivity index is 3.01. The van der Waals surface area contributed by atoms with Crippen molar-refractivity contribution in [3.8, 4) is 0 Å². The minimum Gasteiger partial charge on any atom is -0.478 e. The molecule has 0 unspecified atom stereocenters. The Hall–Kier alpha value is -1.30. The Kier molecular flexibility index (Phi) is 3.18. The molecule has 0 atom stereocenters. The van der Waals surface area contributed by atoms with E-state index in [-0.39, 0.29) is 17.1 Å². The summed E-state index contributed by atoms with van der Waals surface area (Å²) in [7, 11) is -3.33. The van der Waals surface area contributed by atoms with Crippen LogP contribution in [0.3, 0.4) is 0 Å². The maximum absolute atomic E-state index is 11.5. The molecule has 1 rings (SSSR count). The van der Waals surface area contributed by atoms with Gasteiger partial charge in [-0.05, 0) is 19.9 Å². The van der Waals surface area contributed by atoms with Crippen molar-refractivity contribution in [3.05, 3.63) is 23.7 Å². The van der Waals surface area contributed by atoms with Crippen LogP contribution in [0.2, 0.25) is 0 Å². The summed E-state index contributed by atoms with van der Waals surface area (Å²) >= 11 is 0. The second kappa shape index (κ2) is 4.06. The molecule has 0 saturated carbocycles. The minimum atomic E-state index is -3.33. The first-order chi connectivity index (χ1) is 6.84. The van der Waals surface area contributed by atoms with Gasteiger partial charge in [-0.3, -0.25) is 0 Å². The van der Waals surface area contributed by atoms with E-state index in [1.807, 2.05) is 0 Å². The molecule has 84 valence electrons. The van der Waals surface area contributed by atoms with Crippen molar-refractivity contribution in [2.45, 2.75) is 24.9 Å². The molecule has 0 aliphatic rings. The Morgan fingerprint density at radius 1 is 1.53 bits per heavy atom. The number of carboxylic acid groups (broad SMARTS) is 1. The van der Waals surface area contributed by atoms with E-state index in [0.29, 0.717) is 0 Å². The zero-order valence-corrected chi connectivity index (χ0v) is 9.24. The standard InChI is InChI=1S/C9H12O5S/c1-6(2)15(12,13)5-8-7(9(10)11)3-4-14-8/h3-4,6H,5H2,1-2H3,(H,10,11). The molecule has 0 aromatic carbocycles. The fraction of sp³-hybridized carbons (Fsp3) is 0.444. The van der Waals surface area contributed by atoms with E-state index < -0.39 is 21.1 Å². The molecule has 0 radical (unpaired) electrons. The van der Waals surface area contributed by atoms with Crippen LogP contribution in [0.4, 0.5) is 0 Å². The summed E-state index contributed by atoms with van der Waals surface area (Å²) in [5, 5.41) is 8.18. The fourth-order valence-electron chi connectivity index (χ4n) is 0.992. The first-order valence-electron chi connectivity index (χ1n) is 4.36. The van der Waals surface area contributed by atoms with Crippen molar-refractivity contribution in [2.75, 3.05) is 0 Å². The predicted molar refractivity (Wildman–Crippen MR) is 53.4 cm³/mol. The fourth-order valence-corrected chi connectivity index (χ4v) is 1.91. The Morgan fingerprint density at radius 2 is 2.13 bits per heavy atom. The average Bonchev–Trinajstić information content (AvgIpc) is 2.51. The van der Waals surface area contributed by atoms with Crippen LogP contribution < -0.4 is 0 Å². The number of hydrogen-bond acceptors (Lipinski definition) is 4. The third kappa shape index (κ3) is 2.59. The van der Waals surface area contributed by atoms with Gasteiger partial charge in [-0.1, -0.05) is 0 Å². The summed E-state index contributed by atoms with van der Waals surface area (Å²) in [5.74, 6) is -1.58. The van der Waals surface area contributed by atoms with Crippen molar-refractivity contribution in [2.24, 2.45) is 0 Å². The Bertz CT molecular complexity index is 455. The summed E-state index contributed by atoms with van der Waals surface area (Å²) < 4.78 is 27.9. The van der Waals surface area contributed by atoms with Gasteiger partial charge in [0.1, 0.15) is 17.1 Å². The second-order valence-corrected chi connectivity index (χ2v) is 5.98. The lowest BCUT2D eigenvalue weighted by Crippen LogP contribution is -2.17. The third-order valence-electron chi connectivity index (χ3n) is 2.03. The highest BCUT2D eigenvalue weighted by molar-refractivity contribution is 7.91. The van der Waals surface area contributed by atoms with Crippen molar-refractivity contribution < 1.29 is 22.7 Å². The molecule has 0 aliphatic carbocycles. The van der Waals surface area contributed by atoms with Crippen molar-refractivity contribution >= 4 is 15.8 Å². The highest BCUT2D eigenvalue weighted by Crippen LogP contribution is 2.16. The molecule has 1 heterocycles. The van der Waals surface area contributed by atoms with E-state index in [4.69, 9.17) is 9.52 Å². The van der Waals surface area contributed by atoms with E-state index in [9.17, 15) is 13.2 Å². The van der Waals surface area contributed by atoms with E-state index in [2.05, 4.69) is 0 Å². The molecule has 5 nitrogen and oxygen atoms in total. The topological polar surface area (TPSA) is 84.6 Å². The van der Waals surface area contributed by atoms with Crippen LogP contribution >= 0.6 is 0 Å². The number of rotatable bonds is 4. The molecule has 0 bridgehead atoms. The maximum atomic E-state index is 11.5. The molecule has 0 amide bonds. The molecule has 6 heteroatoms. The van der Waals surface area contributed by atoms with Crippen LogP contribution in [0.5, 0.6) is 0 Å². The van der Waals surface area contributed by atoms with Gasteiger partial charge < -0.3 is 9.52 Å². The van der Waals surface area contributed by atoms with E-state index in [0.717, 1.165) is 0 Å². The molecule has 0 spiro atoms. The zero-order valence-electron chi connectivity index (χ0n) is 8.43. The van der Waals surface area contributed by atoms with Gasteiger partial charge >= 0.3 is 5.97 Å². The van der Waals surface area contributed by atoms with Crippen LogP contribution in [0.15, 0.2) is 16.7 Å². The smallest absolute Gasteiger partial charge is 0.339 e. The summed E-state index contributed by atoms with van der Waals surface area (Å²) in [5.41, 5.74) is -0.0979. The first-order valence-corrected chi connectivity index (χ1v) is 6.07. The van der Waals surface area contributed by atoms with Gasteiger partial charge in [0.25, 0.3) is 0 Å². The third-order valence-corrected chi connectivity index (χ3v) is 4.13.